The van der Waals surface area contributed by atoms with E-state index in [1.807, 2.05) is 0 Å². The van der Waals surface area contributed by atoms with Gasteiger partial charge < -0.3 is 19.9 Å². The molecule has 0 aromatic heterocycles. The Bertz CT molecular complexity index is 243. The lowest BCUT2D eigenvalue weighted by Crippen LogP contribution is -2.54. The lowest BCUT2D eigenvalue weighted by molar-refractivity contribution is -0.151. The number of carbonyl (C=O) groups excluding carboxylic acids is 1. The van der Waals surface area contributed by atoms with E-state index in [0.717, 1.165) is 25.9 Å². The number of carbonyl (C=O) groups is 1. The molecule has 5 heteroatoms. The average Bonchev–Trinajstić information content (AvgIpc) is 3.16. The molecule has 17 heavy (non-hydrogen) atoms. The van der Waals surface area contributed by atoms with Crippen LogP contribution in [-0.4, -0.2) is 45.0 Å². The Balaban J connectivity index is 2.23. The second kappa shape index (κ2) is 6.93. The van der Waals surface area contributed by atoms with E-state index in [2.05, 4.69) is 6.92 Å². The average molecular weight is 245 g/mol. The summed E-state index contributed by atoms with van der Waals surface area (Å²) in [6, 6.07) is 0. The molecule has 1 aliphatic carbocycles. The van der Waals surface area contributed by atoms with Crippen molar-refractivity contribution >= 4 is 5.97 Å². The van der Waals surface area contributed by atoms with Crippen molar-refractivity contribution in [3.63, 3.8) is 0 Å². The molecule has 1 saturated carbocycles. The van der Waals surface area contributed by atoms with Crippen LogP contribution in [0.3, 0.4) is 0 Å². The van der Waals surface area contributed by atoms with E-state index < -0.39 is 5.54 Å². The Morgan fingerprint density at radius 3 is 2.47 bits per heavy atom. The van der Waals surface area contributed by atoms with Gasteiger partial charge in [0, 0.05) is 6.61 Å². The number of ether oxygens (including phenoxy) is 3. The third-order valence-electron chi connectivity index (χ3n) is 2.93. The summed E-state index contributed by atoms with van der Waals surface area (Å²) in [5, 5.41) is 0. The number of hydrogen-bond acceptors (Lipinski definition) is 5. The third kappa shape index (κ3) is 4.26. The van der Waals surface area contributed by atoms with Crippen LogP contribution >= 0.6 is 0 Å². The van der Waals surface area contributed by atoms with Crippen molar-refractivity contribution in [3.05, 3.63) is 0 Å². The monoisotopic (exact) mass is 245 g/mol. The summed E-state index contributed by atoms with van der Waals surface area (Å²) < 4.78 is 15.4. The van der Waals surface area contributed by atoms with Gasteiger partial charge in [-0.1, -0.05) is 6.92 Å². The summed E-state index contributed by atoms with van der Waals surface area (Å²) in [4.78, 5) is 11.6. The molecule has 1 rings (SSSR count). The summed E-state index contributed by atoms with van der Waals surface area (Å²) in [7, 11) is 1.36. The molecule has 0 aromatic carbocycles. The highest BCUT2D eigenvalue weighted by atomic mass is 16.5. The molecule has 2 N–H and O–H groups in total. The molecule has 0 aliphatic heterocycles. The lowest BCUT2D eigenvalue weighted by atomic mass is 9.96. The fourth-order valence-corrected chi connectivity index (χ4v) is 1.74. The summed E-state index contributed by atoms with van der Waals surface area (Å²) in [5.74, 6) is -0.180. The van der Waals surface area contributed by atoms with Gasteiger partial charge in [-0.25, -0.2) is 4.79 Å². The van der Waals surface area contributed by atoms with Crippen LogP contribution in [0.15, 0.2) is 0 Å². The van der Waals surface area contributed by atoms with Crippen molar-refractivity contribution in [2.45, 2.75) is 31.7 Å². The number of rotatable bonds is 9. The summed E-state index contributed by atoms with van der Waals surface area (Å²) in [6.07, 6.45) is 2.94. The first-order valence-corrected chi connectivity index (χ1v) is 6.18. The van der Waals surface area contributed by atoms with Crippen LogP contribution < -0.4 is 5.73 Å². The summed E-state index contributed by atoms with van der Waals surface area (Å²) in [5.41, 5.74) is 5.09. The van der Waals surface area contributed by atoms with Crippen LogP contribution in [-0.2, 0) is 19.0 Å². The van der Waals surface area contributed by atoms with Crippen LogP contribution in [0.2, 0.25) is 0 Å². The molecule has 0 heterocycles. The first kappa shape index (κ1) is 14.4. The standard InChI is InChI=1S/C12H23NO4/c1-3-6-16-7-8-17-9-12(13,10-4-5-10)11(14)15-2/h10H,3-9,13H2,1-2H3. The Labute approximate surface area is 103 Å². The second-order valence-electron chi connectivity index (χ2n) is 4.47. The predicted octanol–water partition coefficient (Wildman–Crippen LogP) is 0.710. The number of methoxy groups -OCH3 is 1. The molecule has 0 bridgehead atoms. The Morgan fingerprint density at radius 2 is 1.94 bits per heavy atom. The SMILES string of the molecule is CCCOCCOCC(N)(C(=O)OC)C1CC1. The van der Waals surface area contributed by atoms with Gasteiger partial charge in [-0.3, -0.25) is 0 Å². The van der Waals surface area contributed by atoms with Gasteiger partial charge in [-0.2, -0.15) is 0 Å². The van der Waals surface area contributed by atoms with E-state index in [4.69, 9.17) is 19.9 Å². The van der Waals surface area contributed by atoms with Gasteiger partial charge in [-0.15, -0.1) is 0 Å². The van der Waals surface area contributed by atoms with Gasteiger partial charge in [-0.05, 0) is 25.2 Å². The van der Waals surface area contributed by atoms with Crippen LogP contribution in [0.1, 0.15) is 26.2 Å². The van der Waals surface area contributed by atoms with E-state index in [1.165, 1.54) is 7.11 Å². The maximum absolute atomic E-state index is 11.6. The third-order valence-corrected chi connectivity index (χ3v) is 2.93. The highest BCUT2D eigenvalue weighted by Crippen LogP contribution is 2.39. The van der Waals surface area contributed by atoms with Crippen molar-refractivity contribution < 1.29 is 19.0 Å². The molecule has 1 fully saturated rings. The van der Waals surface area contributed by atoms with Crippen molar-refractivity contribution in [1.82, 2.24) is 0 Å². The van der Waals surface area contributed by atoms with E-state index in [1.54, 1.807) is 0 Å². The first-order valence-electron chi connectivity index (χ1n) is 6.18. The van der Waals surface area contributed by atoms with Crippen LogP contribution in [0, 0.1) is 5.92 Å². The fraction of sp³-hybridized carbons (Fsp3) is 0.917. The fourth-order valence-electron chi connectivity index (χ4n) is 1.74. The minimum atomic E-state index is -0.973. The normalized spacial score (nSPS) is 18.8. The lowest BCUT2D eigenvalue weighted by Gasteiger charge is -2.26. The van der Waals surface area contributed by atoms with E-state index in [9.17, 15) is 4.79 Å². The highest BCUT2D eigenvalue weighted by Gasteiger charge is 2.49. The maximum Gasteiger partial charge on any atom is 0.328 e. The Morgan fingerprint density at radius 1 is 1.29 bits per heavy atom. The zero-order valence-corrected chi connectivity index (χ0v) is 10.7. The minimum Gasteiger partial charge on any atom is -0.468 e. The smallest absolute Gasteiger partial charge is 0.328 e. The van der Waals surface area contributed by atoms with Crippen LogP contribution in [0.4, 0.5) is 0 Å². The topological polar surface area (TPSA) is 70.8 Å². The number of esters is 1. The molecule has 100 valence electrons. The summed E-state index contributed by atoms with van der Waals surface area (Å²) in [6.45, 7) is 3.99. The van der Waals surface area contributed by atoms with Gasteiger partial charge in [0.25, 0.3) is 0 Å². The first-order chi connectivity index (χ1) is 8.15. The van der Waals surface area contributed by atoms with Gasteiger partial charge in [0.1, 0.15) is 5.54 Å². The predicted molar refractivity (Wildman–Crippen MR) is 63.6 cm³/mol. The molecule has 0 amide bonds. The molecular weight excluding hydrogens is 222 g/mol. The maximum atomic E-state index is 11.6. The van der Waals surface area contributed by atoms with Crippen LogP contribution in [0.25, 0.3) is 0 Å². The van der Waals surface area contributed by atoms with E-state index >= 15 is 0 Å². The van der Waals surface area contributed by atoms with Crippen molar-refractivity contribution in [3.8, 4) is 0 Å². The summed E-state index contributed by atoms with van der Waals surface area (Å²) >= 11 is 0. The number of hydrogen-bond donors (Lipinski definition) is 1. The quantitative estimate of drug-likeness (QED) is 0.478. The van der Waals surface area contributed by atoms with Gasteiger partial charge >= 0.3 is 5.97 Å². The molecular formula is C12H23NO4. The molecule has 0 spiro atoms. The molecule has 5 nitrogen and oxygen atoms in total. The Kier molecular flexibility index (Phi) is 5.88. The van der Waals surface area contributed by atoms with Gasteiger partial charge in [0.05, 0.1) is 26.9 Å². The van der Waals surface area contributed by atoms with Crippen molar-refractivity contribution in [2.24, 2.45) is 11.7 Å². The molecule has 0 saturated heterocycles. The zero-order valence-electron chi connectivity index (χ0n) is 10.7. The molecule has 1 atom stereocenters. The number of nitrogens with two attached hydrogens (primary N) is 1. The largest absolute Gasteiger partial charge is 0.468 e. The highest BCUT2D eigenvalue weighted by molar-refractivity contribution is 5.81. The molecule has 0 aromatic rings. The van der Waals surface area contributed by atoms with Crippen molar-refractivity contribution in [2.75, 3.05) is 33.5 Å². The van der Waals surface area contributed by atoms with E-state index in [-0.39, 0.29) is 18.5 Å². The minimum absolute atomic E-state index is 0.200. The van der Waals surface area contributed by atoms with E-state index in [0.29, 0.717) is 13.2 Å². The molecule has 0 radical (unpaired) electrons. The molecule has 1 aliphatic rings. The van der Waals surface area contributed by atoms with Gasteiger partial charge in [0.2, 0.25) is 0 Å². The van der Waals surface area contributed by atoms with Gasteiger partial charge in [0.15, 0.2) is 0 Å². The molecule has 1 unspecified atom stereocenters. The zero-order chi connectivity index (χ0) is 12.7. The Hall–Kier alpha value is -0.650. The van der Waals surface area contributed by atoms with Crippen LogP contribution in [0.5, 0.6) is 0 Å². The second-order valence-corrected chi connectivity index (χ2v) is 4.47. The van der Waals surface area contributed by atoms with Crippen molar-refractivity contribution in [1.29, 1.82) is 0 Å².